The fourth-order valence-corrected chi connectivity index (χ4v) is 1.72. The number of rotatable bonds is 4. The maximum Gasteiger partial charge on any atom is 0.218 e. The third-order valence-corrected chi connectivity index (χ3v) is 2.73. The Balaban J connectivity index is 3.12. The molecule has 0 radical (unpaired) electrons. The van der Waals surface area contributed by atoms with Gasteiger partial charge in [0.2, 0.25) is 5.88 Å². The molecule has 0 aromatic carbocycles. The molecule has 1 rings (SSSR count). The zero-order valence-corrected chi connectivity index (χ0v) is 10.1. The van der Waals surface area contributed by atoms with E-state index in [4.69, 9.17) is 22.1 Å². The van der Waals surface area contributed by atoms with Crippen molar-refractivity contribution in [1.82, 2.24) is 4.98 Å². The fraction of sp³-hybridized carbons (Fsp3) is 0.545. The number of methoxy groups -OCH3 is 1. The van der Waals surface area contributed by atoms with Crippen LogP contribution < -0.4 is 10.5 Å². The van der Waals surface area contributed by atoms with Gasteiger partial charge >= 0.3 is 0 Å². The monoisotopic (exact) mass is 228 g/mol. The van der Waals surface area contributed by atoms with Gasteiger partial charge in [-0.05, 0) is 24.4 Å². The first-order valence-corrected chi connectivity index (χ1v) is 5.30. The lowest BCUT2D eigenvalue weighted by Gasteiger charge is -2.25. The minimum absolute atomic E-state index is 0.0440. The lowest BCUT2D eigenvalue weighted by Crippen LogP contribution is -2.22. The summed E-state index contributed by atoms with van der Waals surface area (Å²) in [4.78, 5) is 4.14. The second-order valence-corrected chi connectivity index (χ2v) is 4.50. The van der Waals surface area contributed by atoms with Gasteiger partial charge in [0.25, 0.3) is 0 Å². The number of hydrogen-bond donors (Lipinski definition) is 1. The maximum atomic E-state index is 5.81. The van der Waals surface area contributed by atoms with Crippen molar-refractivity contribution in [2.24, 2.45) is 5.73 Å². The van der Waals surface area contributed by atoms with Gasteiger partial charge < -0.3 is 10.5 Å². The Morgan fingerprint density at radius 1 is 1.47 bits per heavy atom. The van der Waals surface area contributed by atoms with E-state index < -0.39 is 0 Å². The summed E-state index contributed by atoms with van der Waals surface area (Å²) >= 11 is 5.81. The summed E-state index contributed by atoms with van der Waals surface area (Å²) in [6, 6.07) is 3.72. The van der Waals surface area contributed by atoms with Crippen LogP contribution in [-0.4, -0.2) is 18.6 Å². The topological polar surface area (TPSA) is 48.1 Å². The predicted molar refractivity (Wildman–Crippen MR) is 62.5 cm³/mol. The van der Waals surface area contributed by atoms with Gasteiger partial charge in [-0.3, -0.25) is 0 Å². The fourth-order valence-electron chi connectivity index (χ4n) is 1.58. The molecular weight excluding hydrogens is 212 g/mol. The number of nitrogens with two attached hydrogens (primary N) is 1. The Bertz CT molecular complexity index is 339. The van der Waals surface area contributed by atoms with Crippen LogP contribution in [0, 0.1) is 0 Å². The molecule has 0 spiro atoms. The molecule has 0 atom stereocenters. The SMILES string of the molecule is COc1nc(Cl)ccc1C(C)(C)CCN. The predicted octanol–water partition coefficient (Wildman–Crippen LogP) is 2.37. The van der Waals surface area contributed by atoms with Crippen molar-refractivity contribution in [1.29, 1.82) is 0 Å². The van der Waals surface area contributed by atoms with E-state index >= 15 is 0 Å². The summed E-state index contributed by atoms with van der Waals surface area (Å²) in [6.45, 7) is 4.87. The van der Waals surface area contributed by atoms with Crippen LogP contribution in [0.5, 0.6) is 5.88 Å². The van der Waals surface area contributed by atoms with Crippen LogP contribution in [0.1, 0.15) is 25.8 Å². The van der Waals surface area contributed by atoms with Crippen LogP contribution in [0.2, 0.25) is 5.15 Å². The molecule has 0 saturated heterocycles. The molecule has 1 aromatic heterocycles. The number of hydrogen-bond acceptors (Lipinski definition) is 3. The van der Waals surface area contributed by atoms with Crippen LogP contribution >= 0.6 is 11.6 Å². The van der Waals surface area contributed by atoms with Gasteiger partial charge in [0, 0.05) is 5.56 Å². The molecule has 0 unspecified atom stereocenters. The first-order chi connectivity index (χ1) is 7.01. The van der Waals surface area contributed by atoms with E-state index in [0.717, 1.165) is 12.0 Å². The quantitative estimate of drug-likeness (QED) is 0.805. The highest BCUT2D eigenvalue weighted by Crippen LogP contribution is 2.33. The van der Waals surface area contributed by atoms with Gasteiger partial charge in [0.05, 0.1) is 7.11 Å². The number of nitrogens with zero attached hydrogens (tertiary/aromatic N) is 1. The zero-order valence-electron chi connectivity index (χ0n) is 9.38. The largest absolute Gasteiger partial charge is 0.481 e. The van der Waals surface area contributed by atoms with Crippen LogP contribution in [0.25, 0.3) is 0 Å². The van der Waals surface area contributed by atoms with Crippen molar-refractivity contribution in [3.8, 4) is 5.88 Å². The highest BCUT2D eigenvalue weighted by atomic mass is 35.5. The molecule has 0 aliphatic heterocycles. The van der Waals surface area contributed by atoms with Crippen molar-refractivity contribution < 1.29 is 4.74 Å². The molecule has 1 aromatic rings. The van der Waals surface area contributed by atoms with E-state index in [0.29, 0.717) is 17.6 Å². The first kappa shape index (κ1) is 12.3. The second kappa shape index (κ2) is 4.81. The molecule has 0 aliphatic rings. The molecule has 4 heteroatoms. The smallest absolute Gasteiger partial charge is 0.218 e. The van der Waals surface area contributed by atoms with E-state index in [-0.39, 0.29) is 5.41 Å². The molecule has 2 N–H and O–H groups in total. The molecule has 15 heavy (non-hydrogen) atoms. The van der Waals surface area contributed by atoms with Crippen LogP contribution in [0.4, 0.5) is 0 Å². The third-order valence-electron chi connectivity index (χ3n) is 2.52. The average Bonchev–Trinajstić information content (AvgIpc) is 2.17. The van der Waals surface area contributed by atoms with Crippen molar-refractivity contribution in [2.45, 2.75) is 25.7 Å². The normalized spacial score (nSPS) is 11.5. The molecule has 0 amide bonds. The van der Waals surface area contributed by atoms with Crippen LogP contribution in [-0.2, 0) is 5.41 Å². The van der Waals surface area contributed by atoms with Crippen LogP contribution in [0.3, 0.4) is 0 Å². The maximum absolute atomic E-state index is 5.81. The molecule has 1 heterocycles. The Hall–Kier alpha value is -0.800. The summed E-state index contributed by atoms with van der Waals surface area (Å²) < 4.78 is 5.22. The average molecular weight is 229 g/mol. The minimum Gasteiger partial charge on any atom is -0.481 e. The summed E-state index contributed by atoms with van der Waals surface area (Å²) in [5.41, 5.74) is 6.58. The Morgan fingerprint density at radius 3 is 2.67 bits per heavy atom. The Labute approximate surface area is 95.6 Å². The van der Waals surface area contributed by atoms with E-state index in [1.807, 2.05) is 6.07 Å². The summed E-state index contributed by atoms with van der Waals surface area (Å²) in [6.07, 6.45) is 0.882. The molecular formula is C11H17ClN2O. The number of aromatic nitrogens is 1. The second-order valence-electron chi connectivity index (χ2n) is 4.11. The van der Waals surface area contributed by atoms with E-state index in [9.17, 15) is 0 Å². The Kier molecular flexibility index (Phi) is 3.94. The zero-order chi connectivity index (χ0) is 11.5. The van der Waals surface area contributed by atoms with Gasteiger partial charge in [0.15, 0.2) is 0 Å². The van der Waals surface area contributed by atoms with Gasteiger partial charge in [-0.15, -0.1) is 0 Å². The van der Waals surface area contributed by atoms with Gasteiger partial charge in [-0.1, -0.05) is 31.5 Å². The third kappa shape index (κ3) is 2.83. The van der Waals surface area contributed by atoms with E-state index in [1.54, 1.807) is 13.2 Å². The van der Waals surface area contributed by atoms with Gasteiger partial charge in [-0.2, -0.15) is 0 Å². The van der Waals surface area contributed by atoms with Gasteiger partial charge in [0.1, 0.15) is 5.15 Å². The lowest BCUT2D eigenvalue weighted by molar-refractivity contribution is 0.371. The van der Waals surface area contributed by atoms with Crippen LogP contribution in [0.15, 0.2) is 12.1 Å². The Morgan fingerprint density at radius 2 is 2.13 bits per heavy atom. The first-order valence-electron chi connectivity index (χ1n) is 4.92. The molecule has 84 valence electrons. The van der Waals surface area contributed by atoms with Gasteiger partial charge in [-0.25, -0.2) is 4.98 Å². The summed E-state index contributed by atoms with van der Waals surface area (Å²) in [5, 5.41) is 0.444. The molecule has 0 fully saturated rings. The highest BCUT2D eigenvalue weighted by molar-refractivity contribution is 6.29. The van der Waals surface area contributed by atoms with Crippen molar-refractivity contribution in [3.63, 3.8) is 0 Å². The number of ether oxygens (including phenoxy) is 1. The van der Waals surface area contributed by atoms with Crippen molar-refractivity contribution in [2.75, 3.05) is 13.7 Å². The van der Waals surface area contributed by atoms with E-state index in [1.165, 1.54) is 0 Å². The van der Waals surface area contributed by atoms with E-state index in [2.05, 4.69) is 18.8 Å². The molecule has 0 bridgehead atoms. The number of pyridine rings is 1. The highest BCUT2D eigenvalue weighted by Gasteiger charge is 2.24. The minimum atomic E-state index is -0.0440. The summed E-state index contributed by atoms with van der Waals surface area (Å²) in [5.74, 6) is 0.584. The summed E-state index contributed by atoms with van der Waals surface area (Å²) in [7, 11) is 1.60. The number of halogens is 1. The lowest BCUT2D eigenvalue weighted by atomic mass is 9.82. The van der Waals surface area contributed by atoms with Crippen molar-refractivity contribution >= 4 is 11.6 Å². The molecule has 3 nitrogen and oxygen atoms in total. The molecule has 0 saturated carbocycles. The molecule has 0 aliphatic carbocycles. The standard InChI is InChI=1S/C11H17ClN2O/c1-11(2,6-7-13)8-4-5-9(12)14-10(8)15-3/h4-5H,6-7,13H2,1-3H3. The van der Waals surface area contributed by atoms with Crippen molar-refractivity contribution in [3.05, 3.63) is 22.8 Å².